The van der Waals surface area contributed by atoms with Crippen LogP contribution in [-0.4, -0.2) is 46.0 Å². The fraction of sp³-hybridized carbons (Fsp3) is 0.500. The van der Waals surface area contributed by atoms with Gasteiger partial charge >= 0.3 is 11.7 Å². The van der Waals surface area contributed by atoms with Crippen molar-refractivity contribution in [3.05, 3.63) is 28.9 Å². The second kappa shape index (κ2) is 5.64. The van der Waals surface area contributed by atoms with Crippen LogP contribution >= 0.6 is 0 Å². The van der Waals surface area contributed by atoms with Crippen LogP contribution < -0.4 is 5.69 Å². The molecule has 1 aromatic heterocycles. The lowest BCUT2D eigenvalue weighted by atomic mass is 10.2. The highest BCUT2D eigenvalue weighted by Gasteiger charge is 2.34. The Morgan fingerprint density at radius 1 is 1.53 bits per heavy atom. The third-order valence-electron chi connectivity index (χ3n) is 3.13. The number of amides is 1. The number of nitrogens with zero attached hydrogens (tertiary/aromatic N) is 3. The van der Waals surface area contributed by atoms with Crippen LogP contribution in [0.25, 0.3) is 0 Å². The van der Waals surface area contributed by atoms with Gasteiger partial charge in [-0.2, -0.15) is 0 Å². The summed E-state index contributed by atoms with van der Waals surface area (Å²) in [6, 6.07) is 1.04. The van der Waals surface area contributed by atoms with Crippen LogP contribution in [-0.2, 0) is 20.9 Å². The van der Waals surface area contributed by atoms with E-state index in [-0.39, 0.29) is 12.5 Å². The molecular formula is C12H15N3O4. The van der Waals surface area contributed by atoms with Crippen molar-refractivity contribution in [2.75, 3.05) is 13.7 Å². The maximum Gasteiger partial charge on any atom is 0.347 e. The summed E-state index contributed by atoms with van der Waals surface area (Å²) in [5.41, 5.74) is -0.482. The number of aromatic nitrogens is 2. The van der Waals surface area contributed by atoms with Gasteiger partial charge in [0.1, 0.15) is 12.6 Å². The largest absolute Gasteiger partial charge is 0.467 e. The van der Waals surface area contributed by atoms with Gasteiger partial charge in [0.2, 0.25) is 5.91 Å². The number of rotatable bonds is 3. The Morgan fingerprint density at radius 3 is 3.00 bits per heavy atom. The summed E-state index contributed by atoms with van der Waals surface area (Å²) in [5, 5.41) is 0. The lowest BCUT2D eigenvalue weighted by Gasteiger charge is -2.22. The molecule has 1 atom stereocenters. The number of esters is 1. The van der Waals surface area contributed by atoms with Crippen LogP contribution in [0.3, 0.4) is 0 Å². The van der Waals surface area contributed by atoms with E-state index in [2.05, 4.69) is 9.72 Å². The van der Waals surface area contributed by atoms with Gasteiger partial charge in [-0.3, -0.25) is 9.36 Å². The summed E-state index contributed by atoms with van der Waals surface area (Å²) in [4.78, 5) is 40.1. The lowest BCUT2D eigenvalue weighted by Crippen LogP contribution is -2.43. The first-order chi connectivity index (χ1) is 9.13. The molecule has 7 nitrogen and oxygen atoms in total. The fourth-order valence-electron chi connectivity index (χ4n) is 2.19. The Hall–Kier alpha value is -2.18. The molecule has 1 amide bonds. The second-order valence-corrected chi connectivity index (χ2v) is 4.30. The average molecular weight is 265 g/mol. The van der Waals surface area contributed by atoms with E-state index in [0.717, 1.165) is 6.42 Å². The average Bonchev–Trinajstić information content (AvgIpc) is 2.90. The van der Waals surface area contributed by atoms with E-state index in [1.54, 1.807) is 6.07 Å². The van der Waals surface area contributed by atoms with Crippen molar-refractivity contribution in [2.45, 2.75) is 25.4 Å². The summed E-state index contributed by atoms with van der Waals surface area (Å²) in [6.07, 6.45) is 4.22. The number of likely N-dealkylation sites (tertiary alicyclic amines) is 1. The van der Waals surface area contributed by atoms with Crippen molar-refractivity contribution in [1.82, 2.24) is 14.5 Å². The standard InChI is InChI=1S/C12H15N3O4/c1-19-11(17)9-4-2-7-15(9)10(16)8-14-6-3-5-13-12(14)18/h3,5-6,9H,2,4,7-8H2,1H3. The maximum atomic E-state index is 12.1. The highest BCUT2D eigenvalue weighted by atomic mass is 16.5. The number of hydrogen-bond donors (Lipinski definition) is 0. The first-order valence-corrected chi connectivity index (χ1v) is 6.02. The number of carbonyl (C=O) groups is 2. The molecule has 1 fully saturated rings. The predicted molar refractivity (Wildman–Crippen MR) is 65.2 cm³/mol. The van der Waals surface area contributed by atoms with E-state index in [1.165, 1.54) is 29.0 Å². The second-order valence-electron chi connectivity index (χ2n) is 4.30. The van der Waals surface area contributed by atoms with Gasteiger partial charge in [-0.1, -0.05) is 0 Å². The molecule has 0 radical (unpaired) electrons. The molecule has 1 aliphatic heterocycles. The molecule has 1 unspecified atom stereocenters. The van der Waals surface area contributed by atoms with E-state index in [9.17, 15) is 14.4 Å². The molecule has 0 N–H and O–H groups in total. The van der Waals surface area contributed by atoms with E-state index < -0.39 is 17.7 Å². The van der Waals surface area contributed by atoms with E-state index in [0.29, 0.717) is 13.0 Å². The summed E-state index contributed by atoms with van der Waals surface area (Å²) in [6.45, 7) is 0.397. The Kier molecular flexibility index (Phi) is 3.94. The van der Waals surface area contributed by atoms with Crippen molar-refractivity contribution in [3.8, 4) is 0 Å². The molecule has 0 aliphatic carbocycles. The smallest absolute Gasteiger partial charge is 0.347 e. The molecule has 7 heteroatoms. The molecule has 1 aliphatic rings. The summed E-state index contributed by atoms with van der Waals surface area (Å²) >= 11 is 0. The molecule has 0 saturated carbocycles. The molecule has 19 heavy (non-hydrogen) atoms. The fourth-order valence-corrected chi connectivity index (χ4v) is 2.19. The zero-order valence-corrected chi connectivity index (χ0v) is 10.6. The van der Waals surface area contributed by atoms with Crippen molar-refractivity contribution in [2.24, 2.45) is 0 Å². The maximum absolute atomic E-state index is 12.1. The Labute approximate surface area is 109 Å². The summed E-state index contributed by atoms with van der Waals surface area (Å²) in [5.74, 6) is -0.688. The zero-order chi connectivity index (χ0) is 13.8. The minimum absolute atomic E-state index is 0.111. The van der Waals surface area contributed by atoms with Crippen molar-refractivity contribution >= 4 is 11.9 Å². The minimum atomic E-state index is -0.537. The predicted octanol–water partition coefficient (Wildman–Crippen LogP) is -0.593. The van der Waals surface area contributed by atoms with Gasteiger partial charge < -0.3 is 9.64 Å². The third-order valence-corrected chi connectivity index (χ3v) is 3.13. The van der Waals surface area contributed by atoms with Gasteiger partial charge in [0, 0.05) is 18.9 Å². The van der Waals surface area contributed by atoms with Gasteiger partial charge in [0.15, 0.2) is 0 Å². The molecule has 102 valence electrons. The van der Waals surface area contributed by atoms with Crippen LogP contribution in [0.15, 0.2) is 23.3 Å². The van der Waals surface area contributed by atoms with E-state index >= 15 is 0 Å². The minimum Gasteiger partial charge on any atom is -0.467 e. The first-order valence-electron chi connectivity index (χ1n) is 6.02. The molecule has 0 aromatic carbocycles. The van der Waals surface area contributed by atoms with Gasteiger partial charge in [-0.15, -0.1) is 0 Å². The van der Waals surface area contributed by atoms with Gasteiger partial charge in [-0.05, 0) is 18.9 Å². The van der Waals surface area contributed by atoms with Crippen LogP contribution in [0.5, 0.6) is 0 Å². The van der Waals surface area contributed by atoms with Gasteiger partial charge in [0.05, 0.1) is 7.11 Å². The van der Waals surface area contributed by atoms with Crippen LogP contribution in [0.4, 0.5) is 0 Å². The van der Waals surface area contributed by atoms with Gasteiger partial charge in [0.25, 0.3) is 0 Å². The van der Waals surface area contributed by atoms with E-state index in [1.807, 2.05) is 0 Å². The van der Waals surface area contributed by atoms with E-state index in [4.69, 9.17) is 0 Å². The molecular weight excluding hydrogens is 250 g/mol. The first kappa shape index (κ1) is 13.3. The molecule has 1 aromatic rings. The third kappa shape index (κ3) is 2.81. The molecule has 0 bridgehead atoms. The highest BCUT2D eigenvalue weighted by molar-refractivity contribution is 5.85. The Balaban J connectivity index is 2.10. The molecule has 1 saturated heterocycles. The number of carbonyl (C=O) groups excluding carboxylic acids is 2. The van der Waals surface area contributed by atoms with Crippen LogP contribution in [0.2, 0.25) is 0 Å². The molecule has 0 spiro atoms. The quantitative estimate of drug-likeness (QED) is 0.682. The normalized spacial score (nSPS) is 18.4. The number of ether oxygens (including phenoxy) is 1. The summed E-state index contributed by atoms with van der Waals surface area (Å²) < 4.78 is 5.89. The monoisotopic (exact) mass is 265 g/mol. The summed E-state index contributed by atoms with van der Waals surface area (Å²) in [7, 11) is 1.30. The zero-order valence-electron chi connectivity index (χ0n) is 10.6. The molecule has 2 heterocycles. The van der Waals surface area contributed by atoms with Crippen LogP contribution in [0, 0.1) is 0 Å². The number of methoxy groups -OCH3 is 1. The highest BCUT2D eigenvalue weighted by Crippen LogP contribution is 2.18. The Bertz CT molecular complexity index is 540. The molecule has 2 rings (SSSR count). The topological polar surface area (TPSA) is 81.5 Å². The SMILES string of the molecule is COC(=O)C1CCCN1C(=O)Cn1cccnc1=O. The Morgan fingerprint density at radius 2 is 2.32 bits per heavy atom. The van der Waals surface area contributed by atoms with Crippen LogP contribution in [0.1, 0.15) is 12.8 Å². The van der Waals surface area contributed by atoms with Gasteiger partial charge in [-0.25, -0.2) is 14.6 Å². The van der Waals surface area contributed by atoms with Crippen molar-refractivity contribution < 1.29 is 14.3 Å². The lowest BCUT2D eigenvalue weighted by molar-refractivity contribution is -0.151. The number of hydrogen-bond acceptors (Lipinski definition) is 5. The van der Waals surface area contributed by atoms with Crippen molar-refractivity contribution in [3.63, 3.8) is 0 Å². The van der Waals surface area contributed by atoms with Crippen molar-refractivity contribution in [1.29, 1.82) is 0 Å².